The summed E-state index contributed by atoms with van der Waals surface area (Å²) in [5.74, 6) is -0.160. The molecule has 0 bridgehead atoms. The van der Waals surface area contributed by atoms with Crippen molar-refractivity contribution in [3.05, 3.63) is 41.6 Å². The fourth-order valence-corrected chi connectivity index (χ4v) is 1.57. The molecule has 82 valence electrons. The Morgan fingerprint density at radius 3 is 2.81 bits per heavy atom. The average molecular weight is 215 g/mol. The number of H-pyrrole nitrogens is 1. The van der Waals surface area contributed by atoms with E-state index in [0.717, 1.165) is 16.8 Å². The SMILES string of the molecule is CNC(=O)c1cc(-c2ccccc2C)n[nH]1. The van der Waals surface area contributed by atoms with E-state index in [1.165, 1.54) is 0 Å². The molecule has 2 aromatic rings. The van der Waals surface area contributed by atoms with E-state index in [-0.39, 0.29) is 5.91 Å². The summed E-state index contributed by atoms with van der Waals surface area (Å²) in [7, 11) is 1.59. The van der Waals surface area contributed by atoms with Crippen LogP contribution in [0.3, 0.4) is 0 Å². The Morgan fingerprint density at radius 1 is 1.38 bits per heavy atom. The first-order valence-electron chi connectivity index (χ1n) is 5.06. The average Bonchev–Trinajstić information content (AvgIpc) is 2.78. The van der Waals surface area contributed by atoms with Gasteiger partial charge >= 0.3 is 0 Å². The van der Waals surface area contributed by atoms with Crippen LogP contribution in [0.5, 0.6) is 0 Å². The van der Waals surface area contributed by atoms with Crippen LogP contribution in [0, 0.1) is 6.92 Å². The second-order valence-corrected chi connectivity index (χ2v) is 3.56. The van der Waals surface area contributed by atoms with Crippen molar-refractivity contribution in [1.29, 1.82) is 0 Å². The smallest absolute Gasteiger partial charge is 0.269 e. The molecule has 0 fully saturated rings. The number of hydrogen-bond acceptors (Lipinski definition) is 2. The maximum Gasteiger partial charge on any atom is 0.269 e. The summed E-state index contributed by atoms with van der Waals surface area (Å²) < 4.78 is 0. The van der Waals surface area contributed by atoms with Gasteiger partial charge in [-0.25, -0.2) is 0 Å². The number of carbonyl (C=O) groups excluding carboxylic acids is 1. The zero-order valence-electron chi connectivity index (χ0n) is 9.24. The molecular formula is C12H13N3O. The van der Waals surface area contributed by atoms with Gasteiger partial charge in [-0.05, 0) is 18.6 Å². The lowest BCUT2D eigenvalue weighted by molar-refractivity contribution is 0.0958. The molecule has 2 N–H and O–H groups in total. The molecule has 0 radical (unpaired) electrons. The van der Waals surface area contributed by atoms with Gasteiger partial charge in [0.2, 0.25) is 0 Å². The molecule has 1 aromatic carbocycles. The Balaban J connectivity index is 2.39. The van der Waals surface area contributed by atoms with Crippen molar-refractivity contribution in [3.8, 4) is 11.3 Å². The highest BCUT2D eigenvalue weighted by atomic mass is 16.1. The van der Waals surface area contributed by atoms with Crippen molar-refractivity contribution in [2.24, 2.45) is 0 Å². The van der Waals surface area contributed by atoms with Gasteiger partial charge in [0.15, 0.2) is 0 Å². The molecule has 1 amide bonds. The zero-order chi connectivity index (χ0) is 11.5. The number of aryl methyl sites for hydroxylation is 1. The molecule has 4 heteroatoms. The van der Waals surface area contributed by atoms with Crippen LogP contribution >= 0.6 is 0 Å². The van der Waals surface area contributed by atoms with Gasteiger partial charge in [0.1, 0.15) is 5.69 Å². The van der Waals surface area contributed by atoms with Gasteiger partial charge in [0.25, 0.3) is 5.91 Å². The molecule has 0 aliphatic rings. The number of nitrogens with one attached hydrogen (secondary N) is 2. The maximum absolute atomic E-state index is 11.4. The summed E-state index contributed by atoms with van der Waals surface area (Å²) in [6, 6.07) is 9.69. The minimum absolute atomic E-state index is 0.160. The predicted molar refractivity (Wildman–Crippen MR) is 62.2 cm³/mol. The number of benzene rings is 1. The van der Waals surface area contributed by atoms with E-state index in [4.69, 9.17) is 0 Å². The molecule has 0 saturated heterocycles. The Labute approximate surface area is 93.7 Å². The molecule has 0 atom stereocenters. The van der Waals surface area contributed by atoms with Gasteiger partial charge < -0.3 is 5.32 Å². The highest BCUT2D eigenvalue weighted by molar-refractivity contribution is 5.93. The number of hydrogen-bond donors (Lipinski definition) is 2. The van der Waals surface area contributed by atoms with E-state index >= 15 is 0 Å². The van der Waals surface area contributed by atoms with Crippen LogP contribution in [-0.2, 0) is 0 Å². The molecule has 0 saturated carbocycles. The van der Waals surface area contributed by atoms with E-state index < -0.39 is 0 Å². The summed E-state index contributed by atoms with van der Waals surface area (Å²) >= 11 is 0. The standard InChI is InChI=1S/C12H13N3O/c1-8-5-3-4-6-9(8)10-7-11(15-14-10)12(16)13-2/h3-7H,1-2H3,(H,13,16)(H,14,15). The maximum atomic E-state index is 11.4. The molecule has 0 aliphatic carbocycles. The van der Waals surface area contributed by atoms with Gasteiger partial charge in [-0.1, -0.05) is 24.3 Å². The van der Waals surface area contributed by atoms with Gasteiger partial charge in [0, 0.05) is 12.6 Å². The zero-order valence-corrected chi connectivity index (χ0v) is 9.24. The Bertz CT molecular complexity index is 516. The number of nitrogens with zero attached hydrogens (tertiary/aromatic N) is 1. The lowest BCUT2D eigenvalue weighted by Crippen LogP contribution is -2.17. The van der Waals surface area contributed by atoms with Crippen LogP contribution in [-0.4, -0.2) is 23.2 Å². The Morgan fingerprint density at radius 2 is 2.12 bits per heavy atom. The van der Waals surface area contributed by atoms with Gasteiger partial charge in [-0.3, -0.25) is 9.89 Å². The highest BCUT2D eigenvalue weighted by Crippen LogP contribution is 2.21. The summed E-state index contributed by atoms with van der Waals surface area (Å²) in [4.78, 5) is 11.4. The van der Waals surface area contributed by atoms with Gasteiger partial charge in [0.05, 0.1) is 5.69 Å². The molecule has 0 unspecified atom stereocenters. The number of rotatable bonds is 2. The molecule has 1 heterocycles. The third kappa shape index (κ3) is 1.82. The summed E-state index contributed by atoms with van der Waals surface area (Å²) in [6.07, 6.45) is 0. The van der Waals surface area contributed by atoms with Gasteiger partial charge in [-0.2, -0.15) is 5.10 Å². The van der Waals surface area contributed by atoms with Crippen molar-refractivity contribution in [3.63, 3.8) is 0 Å². The van der Waals surface area contributed by atoms with Gasteiger partial charge in [-0.15, -0.1) is 0 Å². The monoisotopic (exact) mass is 215 g/mol. The largest absolute Gasteiger partial charge is 0.354 e. The minimum atomic E-state index is -0.160. The molecule has 0 spiro atoms. The van der Waals surface area contributed by atoms with E-state index in [1.54, 1.807) is 13.1 Å². The fourth-order valence-electron chi connectivity index (χ4n) is 1.57. The molecule has 2 rings (SSSR count). The second-order valence-electron chi connectivity index (χ2n) is 3.56. The first kappa shape index (κ1) is 10.4. The summed E-state index contributed by atoms with van der Waals surface area (Å²) in [5, 5.41) is 9.40. The van der Waals surface area contributed by atoms with E-state index in [9.17, 15) is 4.79 Å². The van der Waals surface area contributed by atoms with Crippen molar-refractivity contribution in [2.45, 2.75) is 6.92 Å². The highest BCUT2D eigenvalue weighted by Gasteiger charge is 2.10. The summed E-state index contributed by atoms with van der Waals surface area (Å²) in [6.45, 7) is 2.02. The van der Waals surface area contributed by atoms with Crippen molar-refractivity contribution < 1.29 is 4.79 Å². The molecular weight excluding hydrogens is 202 g/mol. The molecule has 1 aromatic heterocycles. The minimum Gasteiger partial charge on any atom is -0.354 e. The van der Waals surface area contributed by atoms with Crippen LogP contribution in [0.15, 0.2) is 30.3 Å². The quantitative estimate of drug-likeness (QED) is 0.801. The van der Waals surface area contributed by atoms with Crippen molar-refractivity contribution in [1.82, 2.24) is 15.5 Å². The third-order valence-electron chi connectivity index (χ3n) is 2.47. The van der Waals surface area contributed by atoms with Crippen LogP contribution in [0.2, 0.25) is 0 Å². The molecule has 4 nitrogen and oxygen atoms in total. The lowest BCUT2D eigenvalue weighted by Gasteiger charge is -1.99. The normalized spacial score (nSPS) is 10.1. The van der Waals surface area contributed by atoms with Crippen molar-refractivity contribution in [2.75, 3.05) is 7.05 Å². The predicted octanol–water partition coefficient (Wildman–Crippen LogP) is 1.74. The first-order chi connectivity index (χ1) is 7.72. The Hall–Kier alpha value is -2.10. The van der Waals surface area contributed by atoms with Crippen LogP contribution in [0.1, 0.15) is 16.1 Å². The fraction of sp³-hybridized carbons (Fsp3) is 0.167. The van der Waals surface area contributed by atoms with E-state index in [1.807, 2.05) is 31.2 Å². The van der Waals surface area contributed by atoms with E-state index in [2.05, 4.69) is 15.5 Å². The third-order valence-corrected chi connectivity index (χ3v) is 2.47. The molecule has 0 aliphatic heterocycles. The van der Waals surface area contributed by atoms with Crippen molar-refractivity contribution >= 4 is 5.91 Å². The topological polar surface area (TPSA) is 57.8 Å². The number of carbonyl (C=O) groups is 1. The van der Waals surface area contributed by atoms with Crippen LogP contribution in [0.4, 0.5) is 0 Å². The van der Waals surface area contributed by atoms with E-state index in [0.29, 0.717) is 5.69 Å². The first-order valence-corrected chi connectivity index (χ1v) is 5.06. The number of amides is 1. The lowest BCUT2D eigenvalue weighted by atomic mass is 10.1. The van der Waals surface area contributed by atoms with Crippen LogP contribution < -0.4 is 5.32 Å². The molecule has 16 heavy (non-hydrogen) atoms. The summed E-state index contributed by atoms with van der Waals surface area (Å²) in [5.41, 5.74) is 3.43. The second kappa shape index (κ2) is 4.18. The number of aromatic nitrogens is 2. The number of aromatic amines is 1. The van der Waals surface area contributed by atoms with Crippen LogP contribution in [0.25, 0.3) is 11.3 Å². The Kier molecular flexibility index (Phi) is 2.72.